The molecule has 3 amide bonds. The number of para-hydroxylation sites is 1. The number of hydrogen-bond acceptors (Lipinski definition) is 4. The number of piperazine rings is 1. The fourth-order valence-electron chi connectivity index (χ4n) is 3.69. The summed E-state index contributed by atoms with van der Waals surface area (Å²) < 4.78 is 5.16. The van der Waals surface area contributed by atoms with E-state index in [-0.39, 0.29) is 29.6 Å². The second kappa shape index (κ2) is 7.50. The van der Waals surface area contributed by atoms with Gasteiger partial charge in [-0.05, 0) is 30.7 Å². The van der Waals surface area contributed by atoms with Crippen molar-refractivity contribution in [2.45, 2.75) is 6.42 Å². The van der Waals surface area contributed by atoms with Crippen LogP contribution in [0.3, 0.4) is 0 Å². The van der Waals surface area contributed by atoms with Crippen molar-refractivity contribution in [3.63, 3.8) is 0 Å². The molecule has 1 saturated heterocycles. The molecule has 2 aromatic rings. The molecule has 1 saturated carbocycles. The molecule has 2 atom stereocenters. The predicted molar refractivity (Wildman–Crippen MR) is 103 cm³/mol. The van der Waals surface area contributed by atoms with Crippen LogP contribution in [-0.4, -0.2) is 60.7 Å². The summed E-state index contributed by atoms with van der Waals surface area (Å²) in [4.78, 5) is 42.8. The summed E-state index contributed by atoms with van der Waals surface area (Å²) in [6.07, 6.45) is 2.07. The summed E-state index contributed by atoms with van der Waals surface area (Å²) >= 11 is 0. The van der Waals surface area contributed by atoms with E-state index in [1.54, 1.807) is 33.9 Å². The molecular weight excluding hydrogens is 358 g/mol. The summed E-state index contributed by atoms with van der Waals surface area (Å²) in [5.41, 5.74) is 0.829. The van der Waals surface area contributed by atoms with E-state index in [0.29, 0.717) is 38.4 Å². The van der Waals surface area contributed by atoms with Gasteiger partial charge in [0.2, 0.25) is 11.8 Å². The minimum absolute atomic E-state index is 0.0174. The Labute approximate surface area is 163 Å². The zero-order chi connectivity index (χ0) is 19.7. The van der Waals surface area contributed by atoms with Crippen LogP contribution < -0.4 is 4.90 Å². The highest BCUT2D eigenvalue weighted by Gasteiger charge is 2.50. The number of benzene rings is 1. The van der Waals surface area contributed by atoms with Crippen molar-refractivity contribution in [1.82, 2.24) is 9.80 Å². The van der Waals surface area contributed by atoms with Crippen molar-refractivity contribution < 1.29 is 18.8 Å². The molecule has 0 N–H and O–H groups in total. The molecule has 7 heteroatoms. The van der Waals surface area contributed by atoms with Crippen LogP contribution in [0.4, 0.5) is 5.69 Å². The Bertz CT molecular complexity index is 857. The maximum absolute atomic E-state index is 12.8. The molecule has 0 spiro atoms. The lowest BCUT2D eigenvalue weighted by Crippen LogP contribution is -2.51. The van der Waals surface area contributed by atoms with Gasteiger partial charge in [0.25, 0.3) is 5.91 Å². The number of anilines is 1. The first-order valence-electron chi connectivity index (χ1n) is 9.50. The first-order chi connectivity index (χ1) is 13.6. The Kier molecular flexibility index (Phi) is 4.90. The maximum Gasteiger partial charge on any atom is 0.289 e. The molecule has 0 bridgehead atoms. The molecule has 1 aliphatic heterocycles. The Balaban J connectivity index is 1.29. The van der Waals surface area contributed by atoms with Crippen molar-refractivity contribution in [2.75, 3.05) is 38.1 Å². The van der Waals surface area contributed by atoms with Gasteiger partial charge in [0.15, 0.2) is 5.76 Å². The first-order valence-corrected chi connectivity index (χ1v) is 9.50. The highest BCUT2D eigenvalue weighted by Crippen LogP contribution is 2.42. The van der Waals surface area contributed by atoms with E-state index in [2.05, 4.69) is 0 Å². The van der Waals surface area contributed by atoms with E-state index < -0.39 is 0 Å². The molecule has 2 fully saturated rings. The van der Waals surface area contributed by atoms with Gasteiger partial charge in [0.05, 0.1) is 18.1 Å². The predicted octanol–water partition coefficient (Wildman–Crippen LogP) is 1.86. The van der Waals surface area contributed by atoms with Gasteiger partial charge >= 0.3 is 0 Å². The number of rotatable bonds is 4. The highest BCUT2D eigenvalue weighted by molar-refractivity contribution is 6.01. The minimum Gasteiger partial charge on any atom is -0.459 e. The fraction of sp³-hybridized carbons (Fsp3) is 0.381. The van der Waals surface area contributed by atoms with E-state index in [0.717, 1.165) is 5.69 Å². The maximum atomic E-state index is 12.8. The average molecular weight is 381 g/mol. The number of nitrogens with zero attached hydrogens (tertiary/aromatic N) is 3. The number of amides is 3. The van der Waals surface area contributed by atoms with Gasteiger partial charge in [-0.2, -0.15) is 0 Å². The molecule has 4 rings (SSSR count). The largest absolute Gasteiger partial charge is 0.459 e. The molecule has 2 unspecified atom stereocenters. The quantitative estimate of drug-likeness (QED) is 0.810. The third-order valence-corrected chi connectivity index (χ3v) is 5.51. The first kappa shape index (κ1) is 18.3. The number of hydrogen-bond donors (Lipinski definition) is 0. The monoisotopic (exact) mass is 381 g/mol. The number of carbonyl (C=O) groups is 3. The van der Waals surface area contributed by atoms with Gasteiger partial charge in [-0.3, -0.25) is 14.4 Å². The molecule has 146 valence electrons. The standard InChI is InChI=1S/C21H23N3O4/c1-22(15-6-3-2-4-7-15)19(25)16-14-17(16)20(26)23-9-11-24(12-10-23)21(27)18-8-5-13-28-18/h2-8,13,16-17H,9-12,14H2,1H3. The van der Waals surface area contributed by atoms with Crippen LogP contribution >= 0.6 is 0 Å². The Morgan fingerprint density at radius 3 is 2.25 bits per heavy atom. The Morgan fingerprint density at radius 2 is 1.61 bits per heavy atom. The van der Waals surface area contributed by atoms with Crippen LogP contribution in [0.1, 0.15) is 17.0 Å². The van der Waals surface area contributed by atoms with Crippen molar-refractivity contribution >= 4 is 23.4 Å². The zero-order valence-electron chi connectivity index (χ0n) is 15.8. The lowest BCUT2D eigenvalue weighted by Gasteiger charge is -2.34. The minimum atomic E-state index is -0.250. The molecule has 1 aliphatic carbocycles. The molecule has 0 radical (unpaired) electrons. The van der Waals surface area contributed by atoms with E-state index in [9.17, 15) is 14.4 Å². The van der Waals surface area contributed by atoms with E-state index in [1.165, 1.54) is 6.26 Å². The van der Waals surface area contributed by atoms with Crippen LogP contribution in [0.25, 0.3) is 0 Å². The fourth-order valence-corrected chi connectivity index (χ4v) is 3.69. The smallest absolute Gasteiger partial charge is 0.289 e. The van der Waals surface area contributed by atoms with Crippen molar-refractivity contribution in [3.8, 4) is 0 Å². The van der Waals surface area contributed by atoms with Crippen LogP contribution in [0.2, 0.25) is 0 Å². The normalized spacial score (nSPS) is 21.3. The van der Waals surface area contributed by atoms with Crippen LogP contribution in [0.15, 0.2) is 53.1 Å². The van der Waals surface area contributed by atoms with Gasteiger partial charge in [0.1, 0.15) is 0 Å². The van der Waals surface area contributed by atoms with Gasteiger partial charge < -0.3 is 19.1 Å². The van der Waals surface area contributed by atoms with E-state index >= 15 is 0 Å². The SMILES string of the molecule is CN(C(=O)C1CC1C(=O)N1CCN(C(=O)c2ccco2)CC1)c1ccccc1. The molecule has 2 heterocycles. The number of furan rings is 1. The average Bonchev–Trinajstić information content (AvgIpc) is 3.36. The van der Waals surface area contributed by atoms with Gasteiger partial charge in [-0.25, -0.2) is 0 Å². The highest BCUT2D eigenvalue weighted by atomic mass is 16.3. The summed E-state index contributed by atoms with van der Waals surface area (Å²) in [6, 6.07) is 12.8. The third-order valence-electron chi connectivity index (χ3n) is 5.51. The van der Waals surface area contributed by atoms with Gasteiger partial charge in [-0.15, -0.1) is 0 Å². The van der Waals surface area contributed by atoms with E-state index in [1.807, 2.05) is 30.3 Å². The zero-order valence-corrected chi connectivity index (χ0v) is 15.8. The molecule has 28 heavy (non-hydrogen) atoms. The summed E-state index contributed by atoms with van der Waals surface area (Å²) in [5, 5.41) is 0. The lowest BCUT2D eigenvalue weighted by molar-refractivity contribution is -0.135. The summed E-state index contributed by atoms with van der Waals surface area (Å²) in [7, 11) is 1.75. The second-order valence-corrected chi connectivity index (χ2v) is 7.28. The Morgan fingerprint density at radius 1 is 0.929 bits per heavy atom. The summed E-state index contributed by atoms with van der Waals surface area (Å²) in [5.74, 6) is -0.329. The van der Waals surface area contributed by atoms with E-state index in [4.69, 9.17) is 4.42 Å². The van der Waals surface area contributed by atoms with Crippen molar-refractivity contribution in [3.05, 3.63) is 54.5 Å². The molecule has 1 aromatic heterocycles. The van der Waals surface area contributed by atoms with Gasteiger partial charge in [0, 0.05) is 38.9 Å². The Hall–Kier alpha value is -3.09. The molecule has 1 aromatic carbocycles. The molecule has 7 nitrogen and oxygen atoms in total. The van der Waals surface area contributed by atoms with Crippen molar-refractivity contribution in [2.24, 2.45) is 11.8 Å². The summed E-state index contributed by atoms with van der Waals surface area (Å²) in [6.45, 7) is 1.91. The van der Waals surface area contributed by atoms with Crippen LogP contribution in [0.5, 0.6) is 0 Å². The molecule has 2 aliphatic rings. The third kappa shape index (κ3) is 3.52. The topological polar surface area (TPSA) is 74.1 Å². The second-order valence-electron chi connectivity index (χ2n) is 7.28. The van der Waals surface area contributed by atoms with Crippen molar-refractivity contribution in [1.29, 1.82) is 0 Å². The molecular formula is C21H23N3O4. The van der Waals surface area contributed by atoms with Crippen LogP contribution in [-0.2, 0) is 9.59 Å². The van der Waals surface area contributed by atoms with Gasteiger partial charge in [-0.1, -0.05) is 18.2 Å². The lowest BCUT2D eigenvalue weighted by atomic mass is 10.2. The van der Waals surface area contributed by atoms with Crippen LogP contribution in [0, 0.1) is 11.8 Å². The number of carbonyl (C=O) groups excluding carboxylic acids is 3.